The first-order chi connectivity index (χ1) is 15.5. The van der Waals surface area contributed by atoms with E-state index in [-0.39, 0.29) is 23.9 Å². The van der Waals surface area contributed by atoms with Crippen LogP contribution in [0.2, 0.25) is 0 Å². The Balaban J connectivity index is 1.40. The average Bonchev–Trinajstić information content (AvgIpc) is 3.35. The van der Waals surface area contributed by atoms with E-state index in [0.717, 1.165) is 24.0 Å². The Kier molecular flexibility index (Phi) is 6.20. The number of ketones is 1. The van der Waals surface area contributed by atoms with Crippen molar-refractivity contribution in [2.75, 3.05) is 18.1 Å². The molecule has 8 heteroatoms. The van der Waals surface area contributed by atoms with Gasteiger partial charge in [0.2, 0.25) is 5.91 Å². The van der Waals surface area contributed by atoms with E-state index in [1.165, 1.54) is 4.57 Å². The number of fused-ring (bicyclic) bond motifs is 1. The normalized spacial score (nSPS) is 13.7. The summed E-state index contributed by atoms with van der Waals surface area (Å²) in [6, 6.07) is 14.0. The molecule has 0 atom stereocenters. The fourth-order valence-corrected chi connectivity index (χ4v) is 4.02. The van der Waals surface area contributed by atoms with E-state index in [0.29, 0.717) is 30.6 Å². The Morgan fingerprint density at radius 2 is 1.66 bits per heavy atom. The zero-order valence-corrected chi connectivity index (χ0v) is 18.0. The number of hydrogen-bond acceptors (Lipinski definition) is 5. The van der Waals surface area contributed by atoms with Gasteiger partial charge in [-0.25, -0.2) is 4.79 Å². The molecular weight excluding hydrogens is 410 g/mol. The van der Waals surface area contributed by atoms with Crippen molar-refractivity contribution in [2.24, 2.45) is 0 Å². The zero-order valence-electron chi connectivity index (χ0n) is 18.0. The number of aromatic nitrogens is 2. The van der Waals surface area contributed by atoms with Gasteiger partial charge in [-0.05, 0) is 49.2 Å². The average molecular weight is 435 g/mol. The number of hydrogen-bond donors (Lipinski definition) is 0. The van der Waals surface area contributed by atoms with E-state index in [2.05, 4.69) is 0 Å². The lowest BCUT2D eigenvalue weighted by Crippen LogP contribution is -2.28. The second kappa shape index (κ2) is 9.21. The van der Waals surface area contributed by atoms with E-state index in [1.807, 2.05) is 25.1 Å². The van der Waals surface area contributed by atoms with Gasteiger partial charge in [0.05, 0.1) is 11.0 Å². The molecule has 0 aliphatic carbocycles. The van der Waals surface area contributed by atoms with Crippen LogP contribution in [0.1, 0.15) is 36.5 Å². The molecule has 0 spiro atoms. The van der Waals surface area contributed by atoms with Crippen LogP contribution in [-0.4, -0.2) is 39.9 Å². The topological polar surface area (TPSA) is 90.6 Å². The maximum Gasteiger partial charge on any atom is 0.329 e. The third-order valence-electron chi connectivity index (χ3n) is 5.60. The number of benzene rings is 2. The van der Waals surface area contributed by atoms with Crippen LogP contribution >= 0.6 is 0 Å². The van der Waals surface area contributed by atoms with Crippen molar-refractivity contribution in [3.05, 3.63) is 64.6 Å². The number of carbonyl (C=O) groups excluding carboxylic acids is 3. The minimum absolute atomic E-state index is 0.0774. The molecule has 1 aliphatic heterocycles. The van der Waals surface area contributed by atoms with Crippen LogP contribution in [0.15, 0.2) is 53.3 Å². The van der Waals surface area contributed by atoms with E-state index in [4.69, 9.17) is 4.74 Å². The monoisotopic (exact) mass is 435 g/mol. The highest BCUT2D eigenvalue weighted by atomic mass is 16.5. The van der Waals surface area contributed by atoms with E-state index < -0.39 is 12.6 Å². The van der Waals surface area contributed by atoms with Crippen molar-refractivity contribution in [3.8, 4) is 0 Å². The van der Waals surface area contributed by atoms with Crippen LogP contribution < -0.4 is 10.6 Å². The fraction of sp³-hybridized carbons (Fsp3) is 0.333. The van der Waals surface area contributed by atoms with Crippen LogP contribution in [0.3, 0.4) is 0 Å². The van der Waals surface area contributed by atoms with Crippen molar-refractivity contribution in [1.29, 1.82) is 0 Å². The highest BCUT2D eigenvalue weighted by molar-refractivity contribution is 5.99. The summed E-state index contributed by atoms with van der Waals surface area (Å²) >= 11 is 0. The SMILES string of the molecule is CCCn1c(=O)n(CC(=O)OCC(=O)c2ccc(N3CCCC3=O)cc2)c2ccccc21. The van der Waals surface area contributed by atoms with Crippen LogP contribution in [0.5, 0.6) is 0 Å². The number of carbonyl (C=O) groups is 3. The second-order valence-electron chi connectivity index (χ2n) is 7.79. The third kappa shape index (κ3) is 4.21. The van der Waals surface area contributed by atoms with Gasteiger partial charge in [-0.1, -0.05) is 19.1 Å². The van der Waals surface area contributed by atoms with Gasteiger partial charge in [0, 0.05) is 30.8 Å². The Morgan fingerprint density at radius 1 is 0.969 bits per heavy atom. The number of esters is 1. The van der Waals surface area contributed by atoms with Gasteiger partial charge in [0.25, 0.3) is 0 Å². The largest absolute Gasteiger partial charge is 0.456 e. The maximum absolute atomic E-state index is 12.8. The van der Waals surface area contributed by atoms with Crippen molar-refractivity contribution in [1.82, 2.24) is 9.13 Å². The number of imidazole rings is 1. The molecule has 3 aromatic rings. The maximum atomic E-state index is 12.8. The second-order valence-corrected chi connectivity index (χ2v) is 7.79. The van der Waals surface area contributed by atoms with E-state index >= 15 is 0 Å². The number of rotatable bonds is 8. The van der Waals surface area contributed by atoms with E-state index in [1.54, 1.807) is 39.8 Å². The number of anilines is 1. The molecule has 1 aromatic heterocycles. The fourth-order valence-electron chi connectivity index (χ4n) is 4.02. The van der Waals surface area contributed by atoms with Crippen molar-refractivity contribution < 1.29 is 19.1 Å². The third-order valence-corrected chi connectivity index (χ3v) is 5.60. The summed E-state index contributed by atoms with van der Waals surface area (Å²) in [6.07, 6.45) is 2.16. The number of para-hydroxylation sites is 2. The summed E-state index contributed by atoms with van der Waals surface area (Å²) in [5.74, 6) is -0.925. The Morgan fingerprint density at radius 3 is 2.28 bits per heavy atom. The Hall–Kier alpha value is -3.68. The summed E-state index contributed by atoms with van der Waals surface area (Å²) in [7, 11) is 0. The quantitative estimate of drug-likeness (QED) is 0.401. The van der Waals surface area contributed by atoms with Crippen molar-refractivity contribution >= 4 is 34.4 Å². The van der Waals surface area contributed by atoms with Gasteiger partial charge >= 0.3 is 11.7 Å². The summed E-state index contributed by atoms with van der Waals surface area (Å²) in [4.78, 5) is 51.1. The van der Waals surface area contributed by atoms with Gasteiger partial charge in [-0.3, -0.25) is 23.5 Å². The number of nitrogens with zero attached hydrogens (tertiary/aromatic N) is 3. The van der Waals surface area contributed by atoms with Gasteiger partial charge in [-0.15, -0.1) is 0 Å². The number of aryl methyl sites for hydroxylation is 1. The summed E-state index contributed by atoms with van der Waals surface area (Å²) in [5.41, 5.74) is 2.29. The molecule has 32 heavy (non-hydrogen) atoms. The molecule has 1 fully saturated rings. The van der Waals surface area contributed by atoms with Crippen molar-refractivity contribution in [2.45, 2.75) is 39.3 Å². The molecule has 0 N–H and O–H groups in total. The number of ether oxygens (including phenoxy) is 1. The summed E-state index contributed by atoms with van der Waals surface area (Å²) < 4.78 is 8.17. The van der Waals surface area contributed by atoms with Crippen molar-refractivity contribution in [3.63, 3.8) is 0 Å². The lowest BCUT2D eigenvalue weighted by Gasteiger charge is -2.15. The molecule has 166 valence electrons. The highest BCUT2D eigenvalue weighted by Gasteiger charge is 2.22. The number of Topliss-reactive ketones (excluding diaryl/α,β-unsaturated/α-hetero) is 1. The zero-order chi connectivity index (χ0) is 22.7. The predicted octanol–water partition coefficient (Wildman–Crippen LogP) is 2.77. The Labute approximate surface area is 185 Å². The molecule has 2 heterocycles. The van der Waals surface area contributed by atoms with Gasteiger partial charge < -0.3 is 9.64 Å². The molecule has 0 saturated carbocycles. The van der Waals surface area contributed by atoms with Crippen LogP contribution in [0.4, 0.5) is 5.69 Å². The molecule has 1 saturated heterocycles. The Bertz CT molecular complexity index is 1220. The first-order valence-electron chi connectivity index (χ1n) is 10.8. The molecule has 1 amide bonds. The van der Waals surface area contributed by atoms with Crippen LogP contribution in [0.25, 0.3) is 11.0 Å². The van der Waals surface area contributed by atoms with Gasteiger partial charge in [0.1, 0.15) is 6.54 Å². The van der Waals surface area contributed by atoms with E-state index in [9.17, 15) is 19.2 Å². The van der Waals surface area contributed by atoms with Gasteiger partial charge in [-0.2, -0.15) is 0 Å². The predicted molar refractivity (Wildman–Crippen MR) is 120 cm³/mol. The number of amides is 1. The molecule has 0 radical (unpaired) electrons. The molecule has 2 aromatic carbocycles. The van der Waals surface area contributed by atoms with Gasteiger partial charge in [0.15, 0.2) is 12.4 Å². The van der Waals surface area contributed by atoms with Crippen LogP contribution in [0, 0.1) is 0 Å². The minimum atomic E-state index is -0.654. The minimum Gasteiger partial charge on any atom is -0.456 e. The standard InChI is InChI=1S/C24H25N3O5/c1-2-13-26-19-6-3-4-7-20(19)27(24(26)31)15-23(30)32-16-21(28)17-9-11-18(12-10-17)25-14-5-8-22(25)29/h3-4,6-7,9-12H,2,5,8,13-16H2,1H3. The smallest absolute Gasteiger partial charge is 0.329 e. The summed E-state index contributed by atoms with van der Waals surface area (Å²) in [6.45, 7) is 2.53. The lowest BCUT2D eigenvalue weighted by molar-refractivity contribution is -0.143. The molecule has 0 unspecified atom stereocenters. The first kappa shape index (κ1) is 21.5. The molecule has 0 bridgehead atoms. The molecular formula is C24H25N3O5. The summed E-state index contributed by atoms with van der Waals surface area (Å²) in [5, 5.41) is 0. The molecule has 4 rings (SSSR count). The lowest BCUT2D eigenvalue weighted by atomic mass is 10.1. The molecule has 8 nitrogen and oxygen atoms in total. The molecule has 1 aliphatic rings. The highest BCUT2D eigenvalue weighted by Crippen LogP contribution is 2.21. The van der Waals surface area contributed by atoms with Crippen LogP contribution in [-0.2, 0) is 27.4 Å². The first-order valence-corrected chi connectivity index (χ1v) is 10.8.